The first kappa shape index (κ1) is 14.2. The maximum Gasteiger partial charge on any atom is 0.228 e. The first-order valence-corrected chi connectivity index (χ1v) is 6.83. The average Bonchev–Trinajstić information content (AvgIpc) is 2.66. The summed E-state index contributed by atoms with van der Waals surface area (Å²) in [5.41, 5.74) is 7.99. The number of nitrogens with two attached hydrogens (primary N) is 1. The van der Waals surface area contributed by atoms with Gasteiger partial charge in [-0.25, -0.2) is 0 Å². The second-order valence-electron chi connectivity index (χ2n) is 6.55. The minimum absolute atomic E-state index is 0.0238. The number of carbonyl (C=O) groups excluding carboxylic acids is 1. The van der Waals surface area contributed by atoms with Crippen molar-refractivity contribution < 1.29 is 4.79 Å². The second-order valence-corrected chi connectivity index (χ2v) is 6.96. The van der Waals surface area contributed by atoms with Gasteiger partial charge in [-0.3, -0.25) is 4.79 Å². The van der Waals surface area contributed by atoms with Crippen LogP contribution in [0.4, 0.5) is 11.4 Å². The van der Waals surface area contributed by atoms with E-state index in [-0.39, 0.29) is 22.7 Å². The number of anilines is 2. The first-order valence-electron chi connectivity index (χ1n) is 6.45. The van der Waals surface area contributed by atoms with Gasteiger partial charge in [0.2, 0.25) is 5.91 Å². The highest BCUT2D eigenvalue weighted by Crippen LogP contribution is 2.68. The van der Waals surface area contributed by atoms with E-state index in [4.69, 9.17) is 17.3 Å². The third kappa shape index (κ3) is 2.10. The number of nitrogens with one attached hydrogen (secondary N) is 1. The van der Waals surface area contributed by atoms with E-state index in [0.29, 0.717) is 10.7 Å². The summed E-state index contributed by atoms with van der Waals surface area (Å²) in [6.07, 6.45) is 0. The van der Waals surface area contributed by atoms with Gasteiger partial charge in [0.05, 0.1) is 10.7 Å². The topological polar surface area (TPSA) is 55.1 Å². The SMILES string of the molecule is Cc1cc(N)c(Cl)cc1NC(=O)C1C(C)(C)C1(C)C. The van der Waals surface area contributed by atoms with Gasteiger partial charge in [-0.1, -0.05) is 39.3 Å². The van der Waals surface area contributed by atoms with Crippen molar-refractivity contribution in [2.45, 2.75) is 34.6 Å². The van der Waals surface area contributed by atoms with Crippen LogP contribution in [0.25, 0.3) is 0 Å². The summed E-state index contributed by atoms with van der Waals surface area (Å²) in [5.74, 6) is 0.0784. The third-order valence-electron chi connectivity index (χ3n) is 4.88. The standard InChI is InChI=1S/C15H21ClN2O/c1-8-6-10(17)9(16)7-11(8)18-13(19)12-14(2,3)15(12,4)5/h6-7,12H,17H2,1-5H3,(H,18,19). The van der Waals surface area contributed by atoms with E-state index in [1.165, 1.54) is 0 Å². The Bertz CT molecular complexity index is 535. The molecule has 19 heavy (non-hydrogen) atoms. The molecule has 1 aromatic rings. The van der Waals surface area contributed by atoms with E-state index in [2.05, 4.69) is 33.0 Å². The number of aryl methyl sites for hydroxylation is 1. The van der Waals surface area contributed by atoms with Crippen LogP contribution in [0.5, 0.6) is 0 Å². The van der Waals surface area contributed by atoms with Gasteiger partial charge in [-0.2, -0.15) is 0 Å². The molecular weight excluding hydrogens is 260 g/mol. The zero-order valence-corrected chi connectivity index (χ0v) is 12.9. The molecule has 0 radical (unpaired) electrons. The molecule has 0 spiro atoms. The molecule has 1 amide bonds. The molecule has 1 aliphatic rings. The molecule has 0 unspecified atom stereocenters. The van der Waals surface area contributed by atoms with E-state index in [1.54, 1.807) is 12.1 Å². The van der Waals surface area contributed by atoms with Gasteiger partial charge >= 0.3 is 0 Å². The van der Waals surface area contributed by atoms with E-state index >= 15 is 0 Å². The quantitative estimate of drug-likeness (QED) is 0.809. The van der Waals surface area contributed by atoms with Crippen LogP contribution in [0.2, 0.25) is 5.02 Å². The van der Waals surface area contributed by atoms with Crippen molar-refractivity contribution in [3.8, 4) is 0 Å². The van der Waals surface area contributed by atoms with Crippen molar-refractivity contribution in [2.75, 3.05) is 11.1 Å². The van der Waals surface area contributed by atoms with Gasteiger partial charge < -0.3 is 11.1 Å². The Kier molecular flexibility index (Phi) is 3.09. The summed E-state index contributed by atoms with van der Waals surface area (Å²) in [6, 6.07) is 3.49. The number of hydrogen-bond acceptors (Lipinski definition) is 2. The van der Waals surface area contributed by atoms with Crippen molar-refractivity contribution in [1.29, 1.82) is 0 Å². The summed E-state index contributed by atoms with van der Waals surface area (Å²) in [6.45, 7) is 10.4. The summed E-state index contributed by atoms with van der Waals surface area (Å²) in [5, 5.41) is 3.44. The molecule has 0 bridgehead atoms. The number of benzene rings is 1. The maximum absolute atomic E-state index is 12.4. The van der Waals surface area contributed by atoms with E-state index in [0.717, 1.165) is 11.3 Å². The number of nitrogen functional groups attached to an aromatic ring is 1. The van der Waals surface area contributed by atoms with Gasteiger partial charge in [0.25, 0.3) is 0 Å². The lowest BCUT2D eigenvalue weighted by Gasteiger charge is -2.11. The van der Waals surface area contributed by atoms with Crippen LogP contribution in [0.3, 0.4) is 0 Å². The summed E-state index contributed by atoms with van der Waals surface area (Å²) in [7, 11) is 0. The van der Waals surface area contributed by atoms with Crippen LogP contribution in [0.15, 0.2) is 12.1 Å². The lowest BCUT2D eigenvalue weighted by molar-refractivity contribution is -0.118. The zero-order valence-electron chi connectivity index (χ0n) is 12.1. The van der Waals surface area contributed by atoms with E-state index in [1.807, 2.05) is 6.92 Å². The Morgan fingerprint density at radius 2 is 1.79 bits per heavy atom. The van der Waals surface area contributed by atoms with Gasteiger partial charge in [0.15, 0.2) is 0 Å². The fourth-order valence-electron chi connectivity index (χ4n) is 2.90. The Labute approximate surface area is 119 Å². The molecule has 1 aromatic carbocycles. The molecule has 104 valence electrons. The Morgan fingerprint density at radius 1 is 1.26 bits per heavy atom. The number of carbonyl (C=O) groups is 1. The minimum atomic E-state index is 0.0238. The summed E-state index contributed by atoms with van der Waals surface area (Å²) >= 11 is 6.00. The van der Waals surface area contributed by atoms with Gasteiger partial charge in [0.1, 0.15) is 0 Å². The Balaban J connectivity index is 2.20. The van der Waals surface area contributed by atoms with Gasteiger partial charge in [-0.15, -0.1) is 0 Å². The smallest absolute Gasteiger partial charge is 0.228 e. The minimum Gasteiger partial charge on any atom is -0.398 e. The molecule has 0 heterocycles. The van der Waals surface area contributed by atoms with Crippen molar-refractivity contribution in [3.05, 3.63) is 22.7 Å². The van der Waals surface area contributed by atoms with Crippen LogP contribution in [0.1, 0.15) is 33.3 Å². The van der Waals surface area contributed by atoms with Gasteiger partial charge in [0, 0.05) is 11.6 Å². The van der Waals surface area contributed by atoms with Crippen LogP contribution < -0.4 is 11.1 Å². The monoisotopic (exact) mass is 280 g/mol. The highest BCUT2D eigenvalue weighted by molar-refractivity contribution is 6.33. The molecule has 2 rings (SSSR count). The molecule has 1 fully saturated rings. The van der Waals surface area contributed by atoms with Crippen LogP contribution >= 0.6 is 11.6 Å². The largest absolute Gasteiger partial charge is 0.398 e. The van der Waals surface area contributed by atoms with Crippen molar-refractivity contribution in [3.63, 3.8) is 0 Å². The molecule has 1 saturated carbocycles. The molecule has 3 N–H and O–H groups in total. The van der Waals surface area contributed by atoms with E-state index in [9.17, 15) is 4.79 Å². The Morgan fingerprint density at radius 3 is 2.26 bits per heavy atom. The zero-order chi connectivity index (χ0) is 14.6. The van der Waals surface area contributed by atoms with Crippen LogP contribution in [-0.2, 0) is 4.79 Å². The highest BCUT2D eigenvalue weighted by Gasteiger charge is 2.68. The number of rotatable bonds is 2. The number of hydrogen-bond donors (Lipinski definition) is 2. The van der Waals surface area contributed by atoms with Crippen LogP contribution in [0, 0.1) is 23.7 Å². The molecule has 0 saturated heterocycles. The molecule has 0 atom stereocenters. The predicted molar refractivity (Wildman–Crippen MR) is 80.3 cm³/mol. The fraction of sp³-hybridized carbons (Fsp3) is 0.533. The molecular formula is C15H21ClN2O. The predicted octanol–water partition coefficient (Wildman–Crippen LogP) is 3.85. The molecule has 3 nitrogen and oxygen atoms in total. The molecule has 0 aliphatic heterocycles. The van der Waals surface area contributed by atoms with Crippen molar-refractivity contribution >= 4 is 28.9 Å². The van der Waals surface area contributed by atoms with Crippen molar-refractivity contribution in [1.82, 2.24) is 0 Å². The van der Waals surface area contributed by atoms with E-state index < -0.39 is 0 Å². The van der Waals surface area contributed by atoms with Gasteiger partial charge in [-0.05, 0) is 35.4 Å². The number of halogens is 1. The normalized spacial score (nSPS) is 20.1. The Hall–Kier alpha value is -1.22. The second kappa shape index (κ2) is 4.14. The maximum atomic E-state index is 12.4. The highest BCUT2D eigenvalue weighted by atomic mass is 35.5. The lowest BCUT2D eigenvalue weighted by Crippen LogP contribution is -2.18. The number of amides is 1. The molecule has 4 heteroatoms. The average molecular weight is 281 g/mol. The lowest BCUT2D eigenvalue weighted by atomic mass is 10.0. The fourth-order valence-corrected chi connectivity index (χ4v) is 3.06. The third-order valence-corrected chi connectivity index (χ3v) is 5.21. The molecule has 0 aromatic heterocycles. The summed E-state index contributed by atoms with van der Waals surface area (Å²) in [4.78, 5) is 12.4. The van der Waals surface area contributed by atoms with Crippen LogP contribution in [-0.4, -0.2) is 5.91 Å². The molecule has 1 aliphatic carbocycles. The first-order chi connectivity index (χ1) is 8.59. The summed E-state index contributed by atoms with van der Waals surface area (Å²) < 4.78 is 0. The van der Waals surface area contributed by atoms with Crippen molar-refractivity contribution in [2.24, 2.45) is 16.7 Å².